The number of hydrogen-bond donors (Lipinski definition) is 2. The predicted molar refractivity (Wildman–Crippen MR) is 191 cm³/mol. The molecule has 3 fully saturated rings. The number of Topliss-reactive ketones (excluding diaryl/α,β-unsaturated/α-hetero) is 1. The summed E-state index contributed by atoms with van der Waals surface area (Å²) in [6.45, 7) is 19.2. The predicted octanol–water partition coefficient (Wildman–Crippen LogP) is 3.83. The van der Waals surface area contributed by atoms with Crippen molar-refractivity contribution in [3.05, 3.63) is 0 Å². The first-order valence-electron chi connectivity index (χ1n) is 18.9. The van der Waals surface area contributed by atoms with Crippen LogP contribution in [0.25, 0.3) is 0 Å². The minimum absolute atomic E-state index is 0.00366. The summed E-state index contributed by atoms with van der Waals surface area (Å²) >= 11 is 0. The minimum atomic E-state index is -1.42. The van der Waals surface area contributed by atoms with Gasteiger partial charge in [-0.05, 0) is 118 Å². The third-order valence-electron chi connectivity index (χ3n) is 11.9. The number of rotatable bonds is 10. The van der Waals surface area contributed by atoms with Gasteiger partial charge < -0.3 is 39.0 Å². The summed E-state index contributed by atoms with van der Waals surface area (Å²) < 4.78 is 25.1. The SMILES string of the molecule is CCC(O)C(C)CN1CCC(C[C@@H]2COC(=O)C(C)(C)C(=O)[C@H](C)[C@@H](O[C@@H]3O[C@H](C)C[C@H](N(C)C)[C@H]3O)[C@](C)(OC)C[C@@H](C)CN2C)CC1. The zero-order chi connectivity index (χ0) is 36.8. The van der Waals surface area contributed by atoms with Crippen LogP contribution in [0.5, 0.6) is 0 Å². The molecule has 0 amide bonds. The van der Waals surface area contributed by atoms with Gasteiger partial charge in [-0.1, -0.05) is 27.7 Å². The van der Waals surface area contributed by atoms with E-state index in [0.29, 0.717) is 18.8 Å². The van der Waals surface area contributed by atoms with Gasteiger partial charge in [-0.2, -0.15) is 0 Å². The number of piperidine rings is 1. The van der Waals surface area contributed by atoms with Crippen molar-refractivity contribution in [3.8, 4) is 0 Å². The largest absolute Gasteiger partial charge is 0.463 e. The molecule has 11 nitrogen and oxygen atoms in total. The molecule has 3 aliphatic heterocycles. The van der Waals surface area contributed by atoms with Gasteiger partial charge >= 0.3 is 5.97 Å². The molecule has 11 heteroatoms. The number of carbonyl (C=O) groups excluding carboxylic acids is 2. The van der Waals surface area contributed by atoms with E-state index in [1.165, 1.54) is 0 Å². The number of hydrogen-bond acceptors (Lipinski definition) is 11. The van der Waals surface area contributed by atoms with Crippen LogP contribution in [0.3, 0.4) is 0 Å². The Balaban J connectivity index is 1.84. The second kappa shape index (κ2) is 18.0. The van der Waals surface area contributed by atoms with Crippen molar-refractivity contribution in [1.29, 1.82) is 0 Å². The van der Waals surface area contributed by atoms with Crippen LogP contribution in [0.15, 0.2) is 0 Å². The molecule has 3 aliphatic rings. The van der Waals surface area contributed by atoms with Crippen LogP contribution in [0, 0.1) is 29.1 Å². The van der Waals surface area contributed by atoms with E-state index >= 15 is 0 Å². The number of likely N-dealkylation sites (tertiary alicyclic amines) is 1. The highest BCUT2D eigenvalue weighted by atomic mass is 16.7. The number of ketones is 1. The Labute approximate surface area is 297 Å². The average molecular weight is 698 g/mol. The number of aliphatic hydroxyl groups is 2. The van der Waals surface area contributed by atoms with Crippen molar-refractivity contribution in [2.75, 3.05) is 61.0 Å². The molecule has 49 heavy (non-hydrogen) atoms. The van der Waals surface area contributed by atoms with Gasteiger partial charge in [0.15, 0.2) is 12.1 Å². The summed E-state index contributed by atoms with van der Waals surface area (Å²) in [5, 5.41) is 21.6. The quantitative estimate of drug-likeness (QED) is 0.256. The molecule has 0 saturated carbocycles. The Kier molecular flexibility index (Phi) is 15.5. The van der Waals surface area contributed by atoms with Crippen molar-refractivity contribution in [2.24, 2.45) is 29.1 Å². The van der Waals surface area contributed by atoms with Gasteiger partial charge in [0.1, 0.15) is 18.1 Å². The summed E-state index contributed by atoms with van der Waals surface area (Å²) in [6.07, 6.45) is 1.92. The van der Waals surface area contributed by atoms with Gasteiger partial charge in [-0.15, -0.1) is 0 Å². The molecule has 0 spiro atoms. The second-order valence-corrected chi connectivity index (χ2v) is 16.9. The molecule has 0 radical (unpaired) electrons. The number of ether oxygens (including phenoxy) is 4. The molecule has 286 valence electrons. The van der Waals surface area contributed by atoms with Crippen LogP contribution in [0.1, 0.15) is 93.9 Å². The Bertz CT molecular complexity index is 1050. The van der Waals surface area contributed by atoms with E-state index in [1.54, 1.807) is 27.9 Å². The molecule has 2 unspecified atom stereocenters. The van der Waals surface area contributed by atoms with Gasteiger partial charge in [0.2, 0.25) is 0 Å². The van der Waals surface area contributed by atoms with Crippen LogP contribution in [-0.2, 0) is 28.5 Å². The molecule has 0 aromatic heterocycles. The van der Waals surface area contributed by atoms with Crippen LogP contribution in [0.4, 0.5) is 0 Å². The Morgan fingerprint density at radius 3 is 2.31 bits per heavy atom. The highest BCUT2D eigenvalue weighted by Gasteiger charge is 2.51. The summed E-state index contributed by atoms with van der Waals surface area (Å²) in [7, 11) is 7.60. The number of nitrogens with zero attached hydrogens (tertiary/aromatic N) is 3. The van der Waals surface area contributed by atoms with E-state index in [-0.39, 0.29) is 48.5 Å². The standard InChI is InChI=1S/C38H71N3O8/c1-13-31(42)25(3)22-41-16-14-28(15-17-41)19-29-23-47-36(45)37(6,7)33(44)27(5)34(38(8,46-12)20-24(2)21-40(29)11)49-35-32(43)30(39(9)10)18-26(4)48-35/h24-32,34-35,42-43H,13-23H2,1-12H3/t24-,25?,26-,27+,29-,30+,31?,32-,34-,35+,38-/m1/s1. The Hall–Kier alpha value is -1.18. The summed E-state index contributed by atoms with van der Waals surface area (Å²) in [6, 6.07) is -0.173. The fourth-order valence-electron chi connectivity index (χ4n) is 8.56. The second-order valence-electron chi connectivity index (χ2n) is 16.9. The first-order valence-corrected chi connectivity index (χ1v) is 18.9. The van der Waals surface area contributed by atoms with E-state index in [0.717, 1.165) is 51.9 Å². The number of cyclic esters (lactones) is 1. The summed E-state index contributed by atoms with van der Waals surface area (Å²) in [5.74, 6) is -0.701. The maximum atomic E-state index is 14.3. The fourth-order valence-corrected chi connectivity index (χ4v) is 8.56. The maximum Gasteiger partial charge on any atom is 0.319 e. The lowest BCUT2D eigenvalue weighted by atomic mass is 9.74. The first-order chi connectivity index (χ1) is 22.8. The smallest absolute Gasteiger partial charge is 0.319 e. The molecule has 3 rings (SSSR count). The minimum Gasteiger partial charge on any atom is -0.463 e. The van der Waals surface area contributed by atoms with Crippen molar-refractivity contribution in [2.45, 2.75) is 142 Å². The Morgan fingerprint density at radius 1 is 1.10 bits per heavy atom. The molecule has 0 bridgehead atoms. The third-order valence-corrected chi connectivity index (χ3v) is 11.9. The molecule has 0 aliphatic carbocycles. The topological polar surface area (TPSA) is 121 Å². The lowest BCUT2D eigenvalue weighted by Crippen LogP contribution is -2.59. The van der Waals surface area contributed by atoms with Crippen LogP contribution < -0.4 is 0 Å². The molecule has 2 N–H and O–H groups in total. The van der Waals surface area contributed by atoms with Crippen LogP contribution in [0.2, 0.25) is 0 Å². The monoisotopic (exact) mass is 698 g/mol. The zero-order valence-corrected chi connectivity index (χ0v) is 32.8. The number of carbonyl (C=O) groups is 2. The lowest BCUT2D eigenvalue weighted by molar-refractivity contribution is -0.295. The first kappa shape index (κ1) is 42.2. The van der Waals surface area contributed by atoms with Crippen molar-refractivity contribution in [1.82, 2.24) is 14.7 Å². The lowest BCUT2D eigenvalue weighted by Gasteiger charge is -2.47. The molecule has 0 aromatic rings. The highest BCUT2D eigenvalue weighted by molar-refractivity contribution is 6.04. The van der Waals surface area contributed by atoms with Gasteiger partial charge in [-0.25, -0.2) is 0 Å². The average Bonchev–Trinajstić information content (AvgIpc) is 3.05. The molecular formula is C38H71N3O8. The van der Waals surface area contributed by atoms with Gasteiger partial charge in [0, 0.05) is 38.2 Å². The number of esters is 1. The van der Waals surface area contributed by atoms with Gasteiger partial charge in [0.25, 0.3) is 0 Å². The highest BCUT2D eigenvalue weighted by Crippen LogP contribution is 2.38. The van der Waals surface area contributed by atoms with Gasteiger partial charge in [0.05, 0.1) is 23.9 Å². The van der Waals surface area contributed by atoms with E-state index in [4.69, 9.17) is 18.9 Å². The normalized spacial score (nSPS) is 37.9. The van der Waals surface area contributed by atoms with E-state index in [9.17, 15) is 19.8 Å². The summed E-state index contributed by atoms with van der Waals surface area (Å²) in [5.41, 5.74) is -2.35. The van der Waals surface area contributed by atoms with Crippen molar-refractivity contribution >= 4 is 11.8 Å². The van der Waals surface area contributed by atoms with E-state index in [1.807, 2.05) is 39.8 Å². The molecule has 3 heterocycles. The van der Waals surface area contributed by atoms with Crippen LogP contribution in [-0.4, -0.2) is 146 Å². The number of aliphatic hydroxyl groups excluding tert-OH is 2. The zero-order valence-electron chi connectivity index (χ0n) is 32.8. The molecule has 11 atom stereocenters. The van der Waals surface area contributed by atoms with Crippen molar-refractivity contribution in [3.63, 3.8) is 0 Å². The molecule has 3 saturated heterocycles. The maximum absolute atomic E-state index is 14.3. The van der Waals surface area contributed by atoms with Crippen LogP contribution >= 0.6 is 0 Å². The third kappa shape index (κ3) is 10.7. The Morgan fingerprint density at radius 2 is 1.73 bits per heavy atom. The molecule has 0 aromatic carbocycles. The summed E-state index contributed by atoms with van der Waals surface area (Å²) in [4.78, 5) is 34.8. The van der Waals surface area contributed by atoms with E-state index in [2.05, 4.69) is 30.7 Å². The van der Waals surface area contributed by atoms with E-state index < -0.39 is 41.4 Å². The van der Waals surface area contributed by atoms with Gasteiger partial charge in [-0.3, -0.25) is 14.5 Å². The number of methoxy groups -OCH3 is 1. The number of likely N-dealkylation sites (N-methyl/N-ethyl adjacent to an activating group) is 2. The van der Waals surface area contributed by atoms with Crippen molar-refractivity contribution < 1.29 is 38.7 Å². The fraction of sp³-hybridized carbons (Fsp3) is 0.947. The molecular weight excluding hydrogens is 626 g/mol.